The van der Waals surface area contributed by atoms with Crippen LogP contribution in [0.3, 0.4) is 0 Å². The van der Waals surface area contributed by atoms with Crippen LogP contribution in [-0.4, -0.2) is 31.2 Å². The molecular weight excluding hydrogens is 192 g/mol. The monoisotopic (exact) mass is 216 g/mol. The van der Waals surface area contributed by atoms with Gasteiger partial charge < -0.3 is 14.6 Å². The molecule has 3 heteroatoms. The molecule has 1 N–H and O–H groups in total. The van der Waals surface area contributed by atoms with Gasteiger partial charge in [-0.15, -0.1) is 6.58 Å². The zero-order valence-electron chi connectivity index (χ0n) is 10.1. The molecule has 0 fully saturated rings. The average Bonchev–Trinajstić information content (AvgIpc) is 2.26. The predicted molar refractivity (Wildman–Crippen MR) is 61.6 cm³/mol. The van der Waals surface area contributed by atoms with Crippen LogP contribution >= 0.6 is 0 Å². The van der Waals surface area contributed by atoms with E-state index in [0.29, 0.717) is 5.92 Å². The molecule has 15 heavy (non-hydrogen) atoms. The van der Waals surface area contributed by atoms with Crippen molar-refractivity contribution in [3.63, 3.8) is 0 Å². The molecule has 0 aromatic rings. The molecule has 0 aliphatic heterocycles. The molecule has 0 saturated heterocycles. The third-order valence-corrected chi connectivity index (χ3v) is 2.53. The van der Waals surface area contributed by atoms with Crippen molar-refractivity contribution in [2.75, 3.05) is 13.9 Å². The Balaban J connectivity index is 4.13. The maximum absolute atomic E-state index is 9.72. The lowest BCUT2D eigenvalue weighted by Gasteiger charge is -2.26. The highest BCUT2D eigenvalue weighted by Gasteiger charge is 2.23. The Bertz CT molecular complexity index is 159. The average molecular weight is 216 g/mol. The highest BCUT2D eigenvalue weighted by Crippen LogP contribution is 2.18. The van der Waals surface area contributed by atoms with Crippen LogP contribution in [0.5, 0.6) is 0 Å². The van der Waals surface area contributed by atoms with Crippen LogP contribution < -0.4 is 0 Å². The highest BCUT2D eigenvalue weighted by atomic mass is 16.7. The fourth-order valence-corrected chi connectivity index (χ4v) is 1.57. The fourth-order valence-electron chi connectivity index (χ4n) is 1.57. The van der Waals surface area contributed by atoms with E-state index in [1.807, 2.05) is 0 Å². The lowest BCUT2D eigenvalue weighted by molar-refractivity contribution is -0.121. The number of hydrogen-bond acceptors (Lipinski definition) is 3. The van der Waals surface area contributed by atoms with Crippen molar-refractivity contribution < 1.29 is 14.6 Å². The van der Waals surface area contributed by atoms with Crippen molar-refractivity contribution >= 4 is 0 Å². The number of ether oxygens (including phenoxy) is 2. The minimum Gasteiger partial charge on any atom is -0.386 e. The van der Waals surface area contributed by atoms with E-state index in [9.17, 15) is 5.11 Å². The van der Waals surface area contributed by atoms with E-state index in [4.69, 9.17) is 9.47 Å². The van der Waals surface area contributed by atoms with E-state index >= 15 is 0 Å². The number of aliphatic hydroxyl groups excluding tert-OH is 1. The van der Waals surface area contributed by atoms with Crippen molar-refractivity contribution in [1.82, 2.24) is 0 Å². The number of aliphatic hydroxyl groups is 1. The summed E-state index contributed by atoms with van der Waals surface area (Å²) in [6, 6.07) is 0. The Morgan fingerprint density at radius 3 is 2.60 bits per heavy atom. The normalized spacial score (nSPS) is 17.1. The second-order valence-corrected chi connectivity index (χ2v) is 3.88. The van der Waals surface area contributed by atoms with Gasteiger partial charge in [-0.1, -0.05) is 32.8 Å². The van der Waals surface area contributed by atoms with Crippen molar-refractivity contribution in [3.05, 3.63) is 12.7 Å². The lowest BCUT2D eigenvalue weighted by Crippen LogP contribution is -2.34. The van der Waals surface area contributed by atoms with E-state index in [-0.39, 0.29) is 12.9 Å². The summed E-state index contributed by atoms with van der Waals surface area (Å²) in [6.45, 7) is 8.04. The first-order chi connectivity index (χ1) is 7.17. The van der Waals surface area contributed by atoms with Gasteiger partial charge >= 0.3 is 0 Å². The molecule has 0 aromatic carbocycles. The van der Waals surface area contributed by atoms with E-state index < -0.39 is 6.10 Å². The van der Waals surface area contributed by atoms with E-state index in [1.165, 1.54) is 6.08 Å². The smallest absolute Gasteiger partial charge is 0.146 e. The minimum absolute atomic E-state index is 0.214. The third kappa shape index (κ3) is 5.92. The summed E-state index contributed by atoms with van der Waals surface area (Å²) in [7, 11) is 1.58. The summed E-state index contributed by atoms with van der Waals surface area (Å²) >= 11 is 0. The van der Waals surface area contributed by atoms with Gasteiger partial charge in [0.1, 0.15) is 6.79 Å². The summed E-state index contributed by atoms with van der Waals surface area (Å²) < 4.78 is 10.3. The summed E-state index contributed by atoms with van der Waals surface area (Å²) in [5, 5.41) is 9.72. The van der Waals surface area contributed by atoms with Crippen LogP contribution in [0.15, 0.2) is 12.7 Å². The maximum atomic E-state index is 9.72. The molecule has 0 aromatic heterocycles. The van der Waals surface area contributed by atoms with Crippen molar-refractivity contribution in [2.24, 2.45) is 5.92 Å². The summed E-state index contributed by atoms with van der Waals surface area (Å²) in [5.74, 6) is 0.313. The molecule has 3 atom stereocenters. The minimum atomic E-state index is -0.619. The van der Waals surface area contributed by atoms with Crippen LogP contribution in [0, 0.1) is 5.92 Å². The standard InChI is InChI=1S/C12H24O3/c1-5-7-8-10(3)12(11(13)6-2)15-9-14-4/h6,10-13H,2,5,7-9H2,1,3-4H3/t10-,11?,12+/m0/s1. The summed E-state index contributed by atoms with van der Waals surface area (Å²) in [4.78, 5) is 0. The van der Waals surface area contributed by atoms with Gasteiger partial charge in [0.2, 0.25) is 0 Å². The first-order valence-corrected chi connectivity index (χ1v) is 5.58. The Kier molecular flexibility index (Phi) is 8.67. The molecular formula is C12H24O3. The van der Waals surface area contributed by atoms with Crippen molar-refractivity contribution in [3.8, 4) is 0 Å². The Hall–Kier alpha value is -0.380. The third-order valence-electron chi connectivity index (χ3n) is 2.53. The summed E-state index contributed by atoms with van der Waals surface area (Å²) in [6.07, 6.45) is 4.04. The number of methoxy groups -OCH3 is 1. The Labute approximate surface area is 93.1 Å². The maximum Gasteiger partial charge on any atom is 0.146 e. The molecule has 0 spiro atoms. The zero-order valence-corrected chi connectivity index (χ0v) is 10.1. The molecule has 0 bridgehead atoms. The van der Waals surface area contributed by atoms with Gasteiger partial charge in [0, 0.05) is 7.11 Å². The molecule has 0 radical (unpaired) electrons. The van der Waals surface area contributed by atoms with Crippen LogP contribution in [0.2, 0.25) is 0 Å². The van der Waals surface area contributed by atoms with Crippen LogP contribution in [-0.2, 0) is 9.47 Å². The molecule has 90 valence electrons. The second-order valence-electron chi connectivity index (χ2n) is 3.88. The second kappa shape index (κ2) is 8.89. The number of unbranched alkanes of at least 4 members (excludes halogenated alkanes) is 1. The number of rotatable bonds is 9. The first kappa shape index (κ1) is 14.6. The van der Waals surface area contributed by atoms with Crippen LogP contribution in [0.25, 0.3) is 0 Å². The van der Waals surface area contributed by atoms with Gasteiger partial charge in [-0.2, -0.15) is 0 Å². The van der Waals surface area contributed by atoms with E-state index in [2.05, 4.69) is 20.4 Å². The van der Waals surface area contributed by atoms with Gasteiger partial charge in [-0.25, -0.2) is 0 Å². The van der Waals surface area contributed by atoms with Gasteiger partial charge in [-0.05, 0) is 12.3 Å². The SMILES string of the molecule is C=CC(O)[C@H](OCOC)[C@@H](C)CCCC. The molecule has 0 heterocycles. The first-order valence-electron chi connectivity index (χ1n) is 5.58. The molecule has 0 aliphatic rings. The molecule has 0 amide bonds. The Morgan fingerprint density at radius 1 is 1.47 bits per heavy atom. The van der Waals surface area contributed by atoms with Gasteiger partial charge in [0.15, 0.2) is 0 Å². The summed E-state index contributed by atoms with van der Waals surface area (Å²) in [5.41, 5.74) is 0. The number of hydrogen-bond donors (Lipinski definition) is 1. The van der Waals surface area contributed by atoms with Crippen molar-refractivity contribution in [2.45, 2.75) is 45.3 Å². The van der Waals surface area contributed by atoms with Crippen LogP contribution in [0.1, 0.15) is 33.1 Å². The topological polar surface area (TPSA) is 38.7 Å². The molecule has 0 rings (SSSR count). The fraction of sp³-hybridized carbons (Fsp3) is 0.833. The van der Waals surface area contributed by atoms with Gasteiger partial charge in [0.05, 0.1) is 12.2 Å². The van der Waals surface area contributed by atoms with Gasteiger partial charge in [0.25, 0.3) is 0 Å². The van der Waals surface area contributed by atoms with E-state index in [0.717, 1.165) is 19.3 Å². The lowest BCUT2D eigenvalue weighted by atomic mass is 9.94. The largest absolute Gasteiger partial charge is 0.386 e. The van der Waals surface area contributed by atoms with Crippen LogP contribution in [0.4, 0.5) is 0 Å². The highest BCUT2D eigenvalue weighted by molar-refractivity contribution is 4.87. The molecule has 0 aliphatic carbocycles. The zero-order chi connectivity index (χ0) is 11.7. The molecule has 1 unspecified atom stereocenters. The predicted octanol–water partition coefficient (Wildman–Crippen LogP) is 2.35. The molecule has 0 saturated carbocycles. The van der Waals surface area contributed by atoms with Gasteiger partial charge in [-0.3, -0.25) is 0 Å². The quantitative estimate of drug-likeness (QED) is 0.475. The molecule has 3 nitrogen and oxygen atoms in total. The van der Waals surface area contributed by atoms with Crippen molar-refractivity contribution in [1.29, 1.82) is 0 Å². The Morgan fingerprint density at radius 2 is 2.13 bits per heavy atom. The van der Waals surface area contributed by atoms with E-state index in [1.54, 1.807) is 7.11 Å².